The second-order valence-electron chi connectivity index (χ2n) is 8.88. The van der Waals surface area contributed by atoms with Gasteiger partial charge in [0.05, 0.1) is 19.2 Å². The van der Waals surface area contributed by atoms with Crippen LogP contribution in [0.3, 0.4) is 0 Å². The van der Waals surface area contributed by atoms with Crippen LogP contribution in [0.2, 0.25) is 0 Å². The van der Waals surface area contributed by atoms with Gasteiger partial charge < -0.3 is 20.1 Å². The smallest absolute Gasteiger partial charge is 0.258 e. The highest BCUT2D eigenvalue weighted by molar-refractivity contribution is 5.98. The minimum atomic E-state index is -0.734. The SMILES string of the molecule is COc1ccc2c(c1)O[C@]1(C[C@H]3CC[C@@H]1C[C@H]3C(=O)NCCn1nccc1C)NC2=O. The predicted molar refractivity (Wildman–Crippen MR) is 113 cm³/mol. The molecule has 2 bridgehead atoms. The Morgan fingerprint density at radius 2 is 2.26 bits per heavy atom. The zero-order valence-corrected chi connectivity index (χ0v) is 17.9. The van der Waals surface area contributed by atoms with Crippen molar-refractivity contribution in [3.63, 3.8) is 0 Å². The number of benzene rings is 1. The molecule has 1 aromatic heterocycles. The normalized spacial score (nSPS) is 28.6. The van der Waals surface area contributed by atoms with Crippen molar-refractivity contribution in [2.75, 3.05) is 13.7 Å². The number of carbonyl (C=O) groups is 2. The van der Waals surface area contributed by atoms with E-state index in [1.165, 1.54) is 0 Å². The molecule has 2 heterocycles. The number of methoxy groups -OCH3 is 1. The first-order valence-corrected chi connectivity index (χ1v) is 10.9. The van der Waals surface area contributed by atoms with Crippen LogP contribution in [-0.2, 0) is 11.3 Å². The second-order valence-corrected chi connectivity index (χ2v) is 8.88. The second kappa shape index (κ2) is 7.59. The molecule has 3 aliphatic carbocycles. The molecule has 3 fully saturated rings. The summed E-state index contributed by atoms with van der Waals surface area (Å²) in [5.74, 6) is 1.44. The molecule has 0 radical (unpaired) electrons. The molecule has 1 aromatic carbocycles. The number of rotatable bonds is 5. The van der Waals surface area contributed by atoms with Gasteiger partial charge in [-0.25, -0.2) is 0 Å². The molecule has 2 N–H and O–H groups in total. The summed E-state index contributed by atoms with van der Waals surface area (Å²) >= 11 is 0. The zero-order chi connectivity index (χ0) is 21.6. The first-order valence-electron chi connectivity index (χ1n) is 10.9. The number of ether oxygens (including phenoxy) is 2. The average molecular weight is 425 g/mol. The van der Waals surface area contributed by atoms with E-state index in [1.54, 1.807) is 31.5 Å². The number of nitrogens with zero attached hydrogens (tertiary/aromatic N) is 2. The Labute approximate surface area is 181 Å². The fourth-order valence-electron chi connectivity index (χ4n) is 5.49. The molecule has 8 heteroatoms. The lowest BCUT2D eigenvalue weighted by atomic mass is 9.60. The van der Waals surface area contributed by atoms with Gasteiger partial charge in [-0.15, -0.1) is 0 Å². The summed E-state index contributed by atoms with van der Waals surface area (Å²) in [6, 6.07) is 7.22. The van der Waals surface area contributed by atoms with Gasteiger partial charge in [0, 0.05) is 42.8 Å². The van der Waals surface area contributed by atoms with Crippen LogP contribution < -0.4 is 20.1 Å². The summed E-state index contributed by atoms with van der Waals surface area (Å²) < 4.78 is 13.6. The highest BCUT2D eigenvalue weighted by Crippen LogP contribution is 2.52. The fourth-order valence-corrected chi connectivity index (χ4v) is 5.49. The highest BCUT2D eigenvalue weighted by Gasteiger charge is 2.57. The Kier molecular flexibility index (Phi) is 4.87. The highest BCUT2D eigenvalue weighted by atomic mass is 16.5. The Hall–Kier alpha value is -3.03. The van der Waals surface area contributed by atoms with Crippen molar-refractivity contribution in [3.8, 4) is 11.5 Å². The van der Waals surface area contributed by atoms with Gasteiger partial charge in [-0.05, 0) is 50.3 Å². The van der Waals surface area contributed by atoms with Gasteiger partial charge in [-0.3, -0.25) is 14.3 Å². The Morgan fingerprint density at radius 3 is 2.97 bits per heavy atom. The van der Waals surface area contributed by atoms with Gasteiger partial charge in [-0.2, -0.15) is 5.10 Å². The van der Waals surface area contributed by atoms with Crippen LogP contribution in [0.1, 0.15) is 41.7 Å². The summed E-state index contributed by atoms with van der Waals surface area (Å²) in [5, 5.41) is 10.5. The molecule has 4 aliphatic rings. The molecule has 0 unspecified atom stereocenters. The lowest BCUT2D eigenvalue weighted by molar-refractivity contribution is -0.146. The van der Waals surface area contributed by atoms with Crippen molar-refractivity contribution in [1.29, 1.82) is 0 Å². The Bertz CT molecular complexity index is 1020. The van der Waals surface area contributed by atoms with E-state index < -0.39 is 5.72 Å². The summed E-state index contributed by atoms with van der Waals surface area (Å²) in [7, 11) is 1.60. The number of nitrogens with one attached hydrogen (secondary N) is 2. The van der Waals surface area contributed by atoms with E-state index in [0.29, 0.717) is 36.6 Å². The summed E-state index contributed by atoms with van der Waals surface area (Å²) in [6.45, 7) is 3.22. The molecule has 6 rings (SSSR count). The van der Waals surface area contributed by atoms with Gasteiger partial charge in [0.15, 0.2) is 5.72 Å². The van der Waals surface area contributed by atoms with Crippen molar-refractivity contribution in [1.82, 2.24) is 20.4 Å². The molecule has 4 atom stereocenters. The van der Waals surface area contributed by atoms with E-state index in [0.717, 1.165) is 25.0 Å². The van der Waals surface area contributed by atoms with Gasteiger partial charge in [-0.1, -0.05) is 0 Å². The maximum absolute atomic E-state index is 12.9. The van der Waals surface area contributed by atoms with Crippen molar-refractivity contribution >= 4 is 11.8 Å². The zero-order valence-electron chi connectivity index (χ0n) is 17.9. The van der Waals surface area contributed by atoms with Crippen LogP contribution in [0.25, 0.3) is 0 Å². The monoisotopic (exact) mass is 424 g/mol. The summed E-state index contributed by atoms with van der Waals surface area (Å²) in [4.78, 5) is 25.7. The first-order chi connectivity index (χ1) is 15.0. The third kappa shape index (κ3) is 3.43. The third-order valence-corrected chi connectivity index (χ3v) is 7.16. The lowest BCUT2D eigenvalue weighted by Crippen LogP contribution is -2.67. The van der Waals surface area contributed by atoms with Crippen molar-refractivity contribution in [2.24, 2.45) is 17.8 Å². The molecule has 3 saturated carbocycles. The Morgan fingerprint density at radius 1 is 1.39 bits per heavy atom. The van der Waals surface area contributed by atoms with E-state index in [4.69, 9.17) is 9.47 Å². The third-order valence-electron chi connectivity index (χ3n) is 7.16. The van der Waals surface area contributed by atoms with Crippen LogP contribution in [0.15, 0.2) is 30.5 Å². The standard InChI is InChI=1S/C23H28N4O4/c1-14-7-8-25-27(14)10-9-24-21(28)19-11-16-4-3-15(19)13-23(16)26-22(29)18-6-5-17(30-2)12-20(18)31-23/h5-8,12,15-16,19H,3-4,9-11,13H2,1-2H3,(H,24,28)(H,26,29)/t15-,16-,19-,23+/m1/s1. The number of fused-ring (bicyclic) bond motifs is 3. The van der Waals surface area contributed by atoms with E-state index >= 15 is 0 Å². The van der Waals surface area contributed by atoms with Crippen LogP contribution in [0.4, 0.5) is 0 Å². The van der Waals surface area contributed by atoms with Crippen molar-refractivity contribution in [3.05, 3.63) is 41.7 Å². The maximum atomic E-state index is 12.9. The maximum Gasteiger partial charge on any atom is 0.258 e. The van der Waals surface area contributed by atoms with E-state index in [-0.39, 0.29) is 29.6 Å². The minimum Gasteiger partial charge on any atom is -0.497 e. The fraction of sp³-hybridized carbons (Fsp3) is 0.522. The number of hydrogen-bond donors (Lipinski definition) is 2. The largest absolute Gasteiger partial charge is 0.497 e. The predicted octanol–water partition coefficient (Wildman–Crippen LogP) is 2.27. The molecule has 2 amide bonds. The average Bonchev–Trinajstić information content (AvgIpc) is 3.18. The summed E-state index contributed by atoms with van der Waals surface area (Å²) in [6.07, 6.45) is 5.06. The number of amides is 2. The first kappa shape index (κ1) is 19.9. The Balaban J connectivity index is 1.27. The summed E-state index contributed by atoms with van der Waals surface area (Å²) in [5.41, 5.74) is 0.869. The minimum absolute atomic E-state index is 0.0460. The topological polar surface area (TPSA) is 94.5 Å². The molecule has 31 heavy (non-hydrogen) atoms. The molecular weight excluding hydrogens is 396 g/mol. The van der Waals surface area contributed by atoms with E-state index in [2.05, 4.69) is 15.7 Å². The van der Waals surface area contributed by atoms with Gasteiger partial charge in [0.1, 0.15) is 11.5 Å². The molecule has 2 aromatic rings. The van der Waals surface area contributed by atoms with Crippen LogP contribution in [0, 0.1) is 24.7 Å². The van der Waals surface area contributed by atoms with Crippen LogP contribution in [0.5, 0.6) is 11.5 Å². The number of hydrogen-bond acceptors (Lipinski definition) is 5. The molecule has 1 spiro atoms. The van der Waals surface area contributed by atoms with Gasteiger partial charge in [0.25, 0.3) is 5.91 Å². The molecule has 1 aliphatic heterocycles. The van der Waals surface area contributed by atoms with Crippen molar-refractivity contribution < 1.29 is 19.1 Å². The quantitative estimate of drug-likeness (QED) is 0.768. The van der Waals surface area contributed by atoms with Gasteiger partial charge in [0.2, 0.25) is 5.91 Å². The molecule has 0 saturated heterocycles. The number of carbonyl (C=O) groups excluding carboxylic acids is 2. The number of aryl methyl sites for hydroxylation is 1. The molecular formula is C23H28N4O4. The van der Waals surface area contributed by atoms with E-state index in [1.807, 2.05) is 17.7 Å². The van der Waals surface area contributed by atoms with Crippen LogP contribution in [-0.4, -0.2) is 41.0 Å². The van der Waals surface area contributed by atoms with Crippen LogP contribution >= 0.6 is 0 Å². The number of aromatic nitrogens is 2. The van der Waals surface area contributed by atoms with E-state index in [9.17, 15) is 9.59 Å². The molecule has 164 valence electrons. The lowest BCUT2D eigenvalue weighted by Gasteiger charge is -2.55. The molecule has 8 nitrogen and oxygen atoms in total. The van der Waals surface area contributed by atoms with Crippen molar-refractivity contribution in [2.45, 2.75) is 44.9 Å². The van der Waals surface area contributed by atoms with Gasteiger partial charge >= 0.3 is 0 Å².